The molecule has 0 N–H and O–H groups in total. The molecule has 0 bridgehead atoms. The van der Waals surface area contributed by atoms with Gasteiger partial charge in [-0.1, -0.05) is 42.5 Å². The van der Waals surface area contributed by atoms with E-state index in [1.807, 2.05) is 24.3 Å². The Hall–Kier alpha value is -3.29. The zero-order valence-electron chi connectivity index (χ0n) is 18.9. The molecule has 5 nitrogen and oxygen atoms in total. The summed E-state index contributed by atoms with van der Waals surface area (Å²) in [5.74, 6) is -0.149. The molecule has 0 atom stereocenters. The number of hydrogen-bond acceptors (Lipinski definition) is 4. The molecule has 4 rings (SSSR count). The third kappa shape index (κ3) is 4.67. The van der Waals surface area contributed by atoms with Gasteiger partial charge in [0.1, 0.15) is 17.9 Å². The molecule has 1 saturated heterocycles. The number of likely N-dealkylation sites (N-methyl/N-ethyl adjacent to an activating group) is 2. The molecule has 0 spiro atoms. The Morgan fingerprint density at radius 1 is 1.00 bits per heavy atom. The fourth-order valence-electron chi connectivity index (χ4n) is 3.85. The van der Waals surface area contributed by atoms with Crippen LogP contribution in [0, 0.1) is 0 Å². The Kier molecular flexibility index (Phi) is 6.95. The van der Waals surface area contributed by atoms with E-state index in [1.54, 1.807) is 26.2 Å². The normalized spacial score (nSPS) is 14.1. The van der Waals surface area contributed by atoms with Gasteiger partial charge < -0.3 is 4.74 Å². The second-order valence-electron chi connectivity index (χ2n) is 8.02. The maximum absolute atomic E-state index is 12.7. The van der Waals surface area contributed by atoms with E-state index in [9.17, 15) is 9.59 Å². The van der Waals surface area contributed by atoms with Crippen LogP contribution in [0.5, 0.6) is 5.75 Å². The SMILES string of the molecule is C=CCc1cc(C=C2C(=O)N(C)C(=S)N(C)C2=O)cc(Br)c1OCc1ccc2ccccc2c1. The molecule has 7 heteroatoms. The first-order valence-electron chi connectivity index (χ1n) is 10.7. The van der Waals surface area contributed by atoms with Crippen LogP contribution in [0.2, 0.25) is 0 Å². The topological polar surface area (TPSA) is 49.9 Å². The summed E-state index contributed by atoms with van der Waals surface area (Å²) in [4.78, 5) is 28.0. The minimum absolute atomic E-state index is 0.0554. The molecular weight excluding hydrogens is 512 g/mol. The van der Waals surface area contributed by atoms with Crippen molar-refractivity contribution in [3.8, 4) is 5.75 Å². The van der Waals surface area contributed by atoms with Gasteiger partial charge in [-0.25, -0.2) is 0 Å². The molecule has 34 heavy (non-hydrogen) atoms. The summed E-state index contributed by atoms with van der Waals surface area (Å²) < 4.78 is 6.94. The number of ether oxygens (including phenoxy) is 1. The molecule has 1 aliphatic rings. The lowest BCUT2D eigenvalue weighted by atomic mass is 10.0. The second kappa shape index (κ2) is 9.91. The molecule has 3 aromatic rings. The molecule has 2 amide bonds. The number of allylic oxidation sites excluding steroid dienone is 1. The van der Waals surface area contributed by atoms with E-state index < -0.39 is 11.8 Å². The van der Waals surface area contributed by atoms with Crippen LogP contribution in [0.4, 0.5) is 0 Å². The van der Waals surface area contributed by atoms with Gasteiger partial charge in [-0.3, -0.25) is 19.4 Å². The van der Waals surface area contributed by atoms with Gasteiger partial charge in [0.25, 0.3) is 11.8 Å². The Morgan fingerprint density at radius 3 is 2.35 bits per heavy atom. The number of benzene rings is 3. The number of halogens is 1. The van der Waals surface area contributed by atoms with Crippen LogP contribution in [0.1, 0.15) is 16.7 Å². The Labute approximate surface area is 212 Å². The fraction of sp³-hybridized carbons (Fsp3) is 0.148. The van der Waals surface area contributed by atoms with Crippen molar-refractivity contribution in [2.45, 2.75) is 13.0 Å². The molecule has 1 heterocycles. The van der Waals surface area contributed by atoms with Crippen LogP contribution in [-0.4, -0.2) is 40.8 Å². The first-order valence-corrected chi connectivity index (χ1v) is 11.9. The van der Waals surface area contributed by atoms with Crippen LogP contribution in [0.25, 0.3) is 16.8 Å². The van der Waals surface area contributed by atoms with Crippen LogP contribution in [0.3, 0.4) is 0 Å². The number of nitrogens with zero attached hydrogens (tertiary/aromatic N) is 2. The van der Waals surface area contributed by atoms with Crippen molar-refractivity contribution in [1.82, 2.24) is 9.80 Å². The minimum Gasteiger partial charge on any atom is -0.487 e. The van der Waals surface area contributed by atoms with Gasteiger partial charge >= 0.3 is 0 Å². The van der Waals surface area contributed by atoms with Gasteiger partial charge in [0.15, 0.2) is 5.11 Å². The largest absolute Gasteiger partial charge is 0.487 e. The van der Waals surface area contributed by atoms with Gasteiger partial charge in [-0.2, -0.15) is 0 Å². The number of carbonyl (C=O) groups excluding carboxylic acids is 2. The summed E-state index contributed by atoms with van der Waals surface area (Å²) in [7, 11) is 3.12. The van der Waals surface area contributed by atoms with Crippen molar-refractivity contribution in [1.29, 1.82) is 0 Å². The van der Waals surface area contributed by atoms with Crippen molar-refractivity contribution in [3.63, 3.8) is 0 Å². The summed E-state index contributed by atoms with van der Waals surface area (Å²) in [6.07, 6.45) is 3.94. The van der Waals surface area contributed by atoms with E-state index in [0.29, 0.717) is 24.3 Å². The Bertz CT molecular complexity index is 1340. The fourth-order valence-corrected chi connectivity index (χ4v) is 4.65. The average Bonchev–Trinajstić information content (AvgIpc) is 2.84. The smallest absolute Gasteiger partial charge is 0.265 e. The second-order valence-corrected chi connectivity index (χ2v) is 9.24. The van der Waals surface area contributed by atoms with E-state index in [2.05, 4.69) is 52.8 Å². The number of rotatable bonds is 6. The van der Waals surface area contributed by atoms with Crippen molar-refractivity contribution in [2.24, 2.45) is 0 Å². The van der Waals surface area contributed by atoms with Crippen molar-refractivity contribution < 1.29 is 14.3 Å². The molecule has 0 unspecified atom stereocenters. The summed E-state index contributed by atoms with van der Waals surface area (Å²) in [5, 5.41) is 2.52. The lowest BCUT2D eigenvalue weighted by molar-refractivity contribution is -0.132. The lowest BCUT2D eigenvalue weighted by Crippen LogP contribution is -2.52. The summed E-state index contributed by atoms with van der Waals surface area (Å²) in [6.45, 7) is 4.26. The predicted molar refractivity (Wildman–Crippen MR) is 142 cm³/mol. The highest BCUT2D eigenvalue weighted by Crippen LogP contribution is 2.34. The molecule has 1 aliphatic heterocycles. The van der Waals surface area contributed by atoms with Crippen molar-refractivity contribution in [2.75, 3.05) is 14.1 Å². The number of carbonyl (C=O) groups is 2. The maximum atomic E-state index is 12.7. The lowest BCUT2D eigenvalue weighted by Gasteiger charge is -2.31. The zero-order chi connectivity index (χ0) is 24.4. The van der Waals surface area contributed by atoms with Gasteiger partial charge in [0.05, 0.1) is 4.47 Å². The summed E-state index contributed by atoms with van der Waals surface area (Å²) >= 11 is 8.77. The number of fused-ring (bicyclic) bond motifs is 1. The van der Waals surface area contributed by atoms with E-state index in [-0.39, 0.29) is 10.7 Å². The Morgan fingerprint density at radius 2 is 1.68 bits per heavy atom. The third-order valence-electron chi connectivity index (χ3n) is 5.66. The molecule has 0 aromatic heterocycles. The summed E-state index contributed by atoms with van der Waals surface area (Å²) in [5.41, 5.74) is 2.71. The highest BCUT2D eigenvalue weighted by molar-refractivity contribution is 9.10. The van der Waals surface area contributed by atoms with E-state index >= 15 is 0 Å². The average molecular weight is 535 g/mol. The van der Waals surface area contributed by atoms with Gasteiger partial charge in [-0.15, -0.1) is 6.58 Å². The maximum Gasteiger partial charge on any atom is 0.265 e. The summed E-state index contributed by atoms with van der Waals surface area (Å²) in [6, 6.07) is 18.2. The van der Waals surface area contributed by atoms with E-state index in [0.717, 1.165) is 21.0 Å². The predicted octanol–water partition coefficient (Wildman–Crippen LogP) is 5.51. The first kappa shape index (κ1) is 23.9. The minimum atomic E-state index is -0.425. The highest BCUT2D eigenvalue weighted by atomic mass is 79.9. The molecule has 0 radical (unpaired) electrons. The van der Waals surface area contributed by atoms with E-state index in [1.165, 1.54) is 15.2 Å². The molecule has 172 valence electrons. The molecule has 0 saturated carbocycles. The number of amides is 2. The number of thiocarbonyl (C=S) groups is 1. The van der Waals surface area contributed by atoms with E-state index in [4.69, 9.17) is 17.0 Å². The molecule has 0 aliphatic carbocycles. The molecule has 3 aromatic carbocycles. The molecular formula is C27H23BrN2O3S. The van der Waals surface area contributed by atoms with Gasteiger partial charge in [0.2, 0.25) is 0 Å². The zero-order valence-corrected chi connectivity index (χ0v) is 21.3. The van der Waals surface area contributed by atoms with Crippen molar-refractivity contribution >= 4 is 61.9 Å². The third-order valence-corrected chi connectivity index (χ3v) is 6.80. The highest BCUT2D eigenvalue weighted by Gasteiger charge is 2.35. The van der Waals surface area contributed by atoms with Crippen LogP contribution < -0.4 is 4.74 Å². The number of hydrogen-bond donors (Lipinski definition) is 0. The van der Waals surface area contributed by atoms with Crippen LogP contribution in [0.15, 0.2) is 77.3 Å². The van der Waals surface area contributed by atoms with Crippen LogP contribution in [-0.2, 0) is 22.6 Å². The monoisotopic (exact) mass is 534 g/mol. The first-order chi connectivity index (χ1) is 16.3. The standard InChI is InChI=1S/C27H23BrN2O3S/c1-4-7-21-13-18(14-22-25(31)29(2)27(34)30(3)26(22)32)15-23(28)24(21)33-16-17-10-11-19-8-5-6-9-20(19)12-17/h4-6,8-15H,1,7,16H2,2-3H3. The van der Waals surface area contributed by atoms with Crippen molar-refractivity contribution in [3.05, 3.63) is 94.0 Å². The quantitative estimate of drug-likeness (QED) is 0.181. The Balaban J connectivity index is 1.64. The van der Waals surface area contributed by atoms with Gasteiger partial charge in [0, 0.05) is 14.1 Å². The van der Waals surface area contributed by atoms with Crippen LogP contribution >= 0.6 is 28.1 Å². The molecule has 1 fully saturated rings. The van der Waals surface area contributed by atoms with Gasteiger partial charge in [-0.05, 0) is 86.3 Å².